The molecule has 2 N–H and O–H groups in total. The van der Waals surface area contributed by atoms with Crippen LogP contribution in [0, 0.1) is 12.7 Å². The van der Waals surface area contributed by atoms with E-state index in [4.69, 9.17) is 10.5 Å². The summed E-state index contributed by atoms with van der Waals surface area (Å²) < 4.78 is 18.7. The highest BCUT2D eigenvalue weighted by Crippen LogP contribution is 2.21. The van der Waals surface area contributed by atoms with Crippen LogP contribution >= 0.6 is 0 Å². The Labute approximate surface area is 110 Å². The second kappa shape index (κ2) is 5.10. The maximum Gasteiger partial charge on any atom is 0.196 e. The molecule has 3 nitrogen and oxygen atoms in total. The summed E-state index contributed by atoms with van der Waals surface area (Å²) in [6.45, 7) is 1.84. The molecule has 19 heavy (non-hydrogen) atoms. The van der Waals surface area contributed by atoms with Gasteiger partial charge in [0.15, 0.2) is 5.78 Å². The third kappa shape index (κ3) is 2.57. The number of anilines is 1. The first-order chi connectivity index (χ1) is 9.02. The lowest BCUT2D eigenvalue weighted by Crippen LogP contribution is -2.05. The molecular weight excluding hydrogens is 245 g/mol. The van der Waals surface area contributed by atoms with E-state index in [1.807, 2.05) is 6.92 Å². The largest absolute Gasteiger partial charge is 0.497 e. The van der Waals surface area contributed by atoms with Crippen molar-refractivity contribution in [3.8, 4) is 5.75 Å². The van der Waals surface area contributed by atoms with Crippen LogP contribution in [0.3, 0.4) is 0 Å². The van der Waals surface area contributed by atoms with Gasteiger partial charge in [-0.25, -0.2) is 4.39 Å². The first-order valence-corrected chi connectivity index (χ1v) is 5.77. The second-order valence-electron chi connectivity index (χ2n) is 4.25. The Morgan fingerprint density at radius 2 is 1.95 bits per heavy atom. The summed E-state index contributed by atoms with van der Waals surface area (Å²) in [6.07, 6.45) is 0. The molecule has 0 saturated carbocycles. The van der Waals surface area contributed by atoms with Crippen molar-refractivity contribution in [2.75, 3.05) is 12.8 Å². The van der Waals surface area contributed by atoms with Crippen molar-refractivity contribution in [3.63, 3.8) is 0 Å². The fourth-order valence-electron chi connectivity index (χ4n) is 1.74. The Morgan fingerprint density at radius 3 is 2.53 bits per heavy atom. The summed E-state index contributed by atoms with van der Waals surface area (Å²) in [5.74, 6) is -0.632. The molecule has 2 rings (SSSR count). The standard InChI is InChI=1S/C15H14FNO2/c1-9-3-4-10(7-14(9)17)15(18)12-6-5-11(19-2)8-13(12)16/h3-8H,17H2,1-2H3. The highest BCUT2D eigenvalue weighted by atomic mass is 19.1. The first kappa shape index (κ1) is 13.1. The molecule has 0 heterocycles. The molecule has 0 bridgehead atoms. The molecule has 0 unspecified atom stereocenters. The highest BCUT2D eigenvalue weighted by Gasteiger charge is 2.15. The third-order valence-electron chi connectivity index (χ3n) is 2.96. The number of ether oxygens (including phenoxy) is 1. The molecule has 4 heteroatoms. The van der Waals surface area contributed by atoms with E-state index in [-0.39, 0.29) is 5.56 Å². The number of nitrogen functional groups attached to an aromatic ring is 1. The van der Waals surface area contributed by atoms with Gasteiger partial charge >= 0.3 is 0 Å². The van der Waals surface area contributed by atoms with E-state index in [0.29, 0.717) is 17.0 Å². The normalized spacial score (nSPS) is 10.3. The van der Waals surface area contributed by atoms with E-state index in [2.05, 4.69) is 0 Å². The maximum atomic E-state index is 13.8. The molecule has 0 aliphatic carbocycles. The summed E-state index contributed by atoms with van der Waals surface area (Å²) in [6, 6.07) is 9.08. The van der Waals surface area contributed by atoms with Crippen LogP contribution in [0.1, 0.15) is 21.5 Å². The number of hydrogen-bond donors (Lipinski definition) is 1. The van der Waals surface area contributed by atoms with Crippen LogP contribution in [-0.4, -0.2) is 12.9 Å². The molecule has 0 amide bonds. The number of ketones is 1. The predicted molar refractivity (Wildman–Crippen MR) is 72.0 cm³/mol. The van der Waals surface area contributed by atoms with E-state index in [1.165, 1.54) is 19.2 Å². The molecule has 0 fully saturated rings. The number of aryl methyl sites for hydroxylation is 1. The SMILES string of the molecule is COc1ccc(C(=O)c2ccc(C)c(N)c2)c(F)c1. The minimum Gasteiger partial charge on any atom is -0.497 e. The van der Waals surface area contributed by atoms with E-state index in [0.717, 1.165) is 5.56 Å². The molecule has 0 saturated heterocycles. The van der Waals surface area contributed by atoms with Gasteiger partial charge in [0.25, 0.3) is 0 Å². The summed E-state index contributed by atoms with van der Waals surface area (Å²) in [5.41, 5.74) is 7.52. The predicted octanol–water partition coefficient (Wildman–Crippen LogP) is 2.96. The van der Waals surface area contributed by atoms with Gasteiger partial charge in [0.1, 0.15) is 11.6 Å². The summed E-state index contributed by atoms with van der Waals surface area (Å²) in [7, 11) is 1.44. The van der Waals surface area contributed by atoms with Gasteiger partial charge in [-0.1, -0.05) is 12.1 Å². The van der Waals surface area contributed by atoms with Gasteiger partial charge in [0.2, 0.25) is 0 Å². The molecule has 0 aliphatic heterocycles. The number of hydrogen-bond acceptors (Lipinski definition) is 3. The van der Waals surface area contributed by atoms with Crippen molar-refractivity contribution in [1.82, 2.24) is 0 Å². The zero-order valence-corrected chi connectivity index (χ0v) is 10.7. The molecular formula is C15H14FNO2. The second-order valence-corrected chi connectivity index (χ2v) is 4.25. The number of carbonyl (C=O) groups excluding carboxylic acids is 1. The van der Waals surface area contributed by atoms with Gasteiger partial charge in [-0.3, -0.25) is 4.79 Å². The van der Waals surface area contributed by atoms with Crippen LogP contribution in [0.4, 0.5) is 10.1 Å². The average molecular weight is 259 g/mol. The van der Waals surface area contributed by atoms with Gasteiger partial charge in [0.05, 0.1) is 12.7 Å². The molecule has 98 valence electrons. The van der Waals surface area contributed by atoms with Crippen molar-refractivity contribution < 1.29 is 13.9 Å². The number of halogens is 1. The van der Waals surface area contributed by atoms with Gasteiger partial charge in [-0.15, -0.1) is 0 Å². The van der Waals surface area contributed by atoms with Gasteiger partial charge in [-0.2, -0.15) is 0 Å². The number of rotatable bonds is 3. The van der Waals surface area contributed by atoms with Gasteiger partial charge < -0.3 is 10.5 Å². The van der Waals surface area contributed by atoms with Crippen LogP contribution in [-0.2, 0) is 0 Å². The molecule has 0 spiro atoms. The van der Waals surface area contributed by atoms with E-state index < -0.39 is 11.6 Å². The summed E-state index contributed by atoms with van der Waals surface area (Å²) in [4.78, 5) is 12.2. The van der Waals surface area contributed by atoms with Crippen LogP contribution in [0.25, 0.3) is 0 Å². The van der Waals surface area contributed by atoms with Gasteiger partial charge in [0, 0.05) is 17.3 Å². The zero-order valence-electron chi connectivity index (χ0n) is 10.7. The fourth-order valence-corrected chi connectivity index (χ4v) is 1.74. The Balaban J connectivity index is 2.41. The lowest BCUT2D eigenvalue weighted by atomic mass is 10.0. The molecule has 0 radical (unpaired) electrons. The zero-order chi connectivity index (χ0) is 14.0. The highest BCUT2D eigenvalue weighted by molar-refractivity contribution is 6.09. The minimum atomic E-state index is -0.608. The number of benzene rings is 2. The Bertz CT molecular complexity index is 638. The van der Waals surface area contributed by atoms with Crippen LogP contribution in [0.15, 0.2) is 36.4 Å². The quantitative estimate of drug-likeness (QED) is 0.681. The topological polar surface area (TPSA) is 52.3 Å². The Kier molecular flexibility index (Phi) is 3.51. The number of nitrogens with two attached hydrogens (primary N) is 1. The van der Waals surface area contributed by atoms with Crippen LogP contribution < -0.4 is 10.5 Å². The summed E-state index contributed by atoms with van der Waals surface area (Å²) >= 11 is 0. The minimum absolute atomic E-state index is 0.00375. The lowest BCUT2D eigenvalue weighted by molar-refractivity contribution is 0.103. The van der Waals surface area contributed by atoms with Crippen LogP contribution in [0.5, 0.6) is 5.75 Å². The molecule has 2 aromatic carbocycles. The molecule has 0 atom stereocenters. The Morgan fingerprint density at radius 1 is 1.21 bits per heavy atom. The van der Waals surface area contributed by atoms with Crippen LogP contribution in [0.2, 0.25) is 0 Å². The van der Waals surface area contributed by atoms with Crippen molar-refractivity contribution >= 4 is 11.5 Å². The van der Waals surface area contributed by atoms with Crippen molar-refractivity contribution in [1.29, 1.82) is 0 Å². The average Bonchev–Trinajstić information content (AvgIpc) is 2.41. The number of carbonyl (C=O) groups is 1. The van der Waals surface area contributed by atoms with Crippen molar-refractivity contribution in [2.24, 2.45) is 0 Å². The smallest absolute Gasteiger partial charge is 0.196 e. The lowest BCUT2D eigenvalue weighted by Gasteiger charge is -2.07. The molecule has 0 aromatic heterocycles. The molecule has 0 aliphatic rings. The summed E-state index contributed by atoms with van der Waals surface area (Å²) in [5, 5.41) is 0. The monoisotopic (exact) mass is 259 g/mol. The van der Waals surface area contributed by atoms with Gasteiger partial charge in [-0.05, 0) is 30.7 Å². The van der Waals surface area contributed by atoms with E-state index in [9.17, 15) is 9.18 Å². The van der Waals surface area contributed by atoms with Crippen molar-refractivity contribution in [2.45, 2.75) is 6.92 Å². The number of methoxy groups -OCH3 is 1. The van der Waals surface area contributed by atoms with E-state index >= 15 is 0 Å². The maximum absolute atomic E-state index is 13.8. The van der Waals surface area contributed by atoms with E-state index in [1.54, 1.807) is 24.3 Å². The van der Waals surface area contributed by atoms with Crippen molar-refractivity contribution in [3.05, 3.63) is 58.9 Å². The third-order valence-corrected chi connectivity index (χ3v) is 2.96. The first-order valence-electron chi connectivity index (χ1n) is 5.77. The fraction of sp³-hybridized carbons (Fsp3) is 0.133. The molecule has 2 aromatic rings. The Hall–Kier alpha value is -2.36.